The summed E-state index contributed by atoms with van der Waals surface area (Å²) in [6, 6.07) is 5.81. The van der Waals surface area contributed by atoms with Gasteiger partial charge in [-0.25, -0.2) is 0 Å². The second-order valence-corrected chi connectivity index (χ2v) is 7.95. The van der Waals surface area contributed by atoms with Crippen LogP contribution < -0.4 is 10.1 Å². The van der Waals surface area contributed by atoms with Crippen molar-refractivity contribution in [3.8, 4) is 5.75 Å². The lowest BCUT2D eigenvalue weighted by Crippen LogP contribution is -2.50. The van der Waals surface area contributed by atoms with Gasteiger partial charge < -0.3 is 10.1 Å². The van der Waals surface area contributed by atoms with Crippen molar-refractivity contribution in [2.45, 2.75) is 59.1 Å². The molecule has 0 aliphatic carbocycles. The van der Waals surface area contributed by atoms with Crippen LogP contribution in [0.3, 0.4) is 0 Å². The fourth-order valence-electron chi connectivity index (χ4n) is 3.10. The van der Waals surface area contributed by atoms with Crippen LogP contribution in [0.2, 0.25) is 0 Å². The Labute approximate surface area is 146 Å². The molecule has 1 aliphatic heterocycles. The fraction of sp³-hybridized carbons (Fsp3) is 0.650. The molecule has 24 heavy (non-hydrogen) atoms. The van der Waals surface area contributed by atoms with Gasteiger partial charge in [0, 0.05) is 37.3 Å². The third-order valence-corrected chi connectivity index (χ3v) is 4.51. The van der Waals surface area contributed by atoms with Crippen LogP contribution >= 0.6 is 0 Å². The first kappa shape index (κ1) is 18.9. The highest BCUT2D eigenvalue weighted by Gasteiger charge is 2.26. The van der Waals surface area contributed by atoms with Gasteiger partial charge in [0.25, 0.3) is 0 Å². The summed E-state index contributed by atoms with van der Waals surface area (Å²) in [5, 5.41) is 3.33. The molecule has 1 aromatic carbocycles. The molecule has 1 saturated heterocycles. The monoisotopic (exact) mass is 332 g/mol. The van der Waals surface area contributed by atoms with Gasteiger partial charge in [-0.15, -0.1) is 0 Å². The van der Waals surface area contributed by atoms with Crippen molar-refractivity contribution in [3.63, 3.8) is 0 Å². The predicted octanol–water partition coefficient (Wildman–Crippen LogP) is 3.25. The first-order valence-electron chi connectivity index (χ1n) is 9.00. The van der Waals surface area contributed by atoms with Gasteiger partial charge in [-0.2, -0.15) is 0 Å². The summed E-state index contributed by atoms with van der Waals surface area (Å²) < 4.78 is 5.95. The molecule has 1 fully saturated rings. The van der Waals surface area contributed by atoms with Crippen molar-refractivity contribution in [1.29, 1.82) is 0 Å². The van der Waals surface area contributed by atoms with Crippen LogP contribution in [0.1, 0.15) is 57.5 Å². The van der Waals surface area contributed by atoms with Crippen molar-refractivity contribution in [3.05, 3.63) is 29.3 Å². The molecule has 2 rings (SSSR count). The van der Waals surface area contributed by atoms with Gasteiger partial charge >= 0.3 is 0 Å². The fourth-order valence-corrected chi connectivity index (χ4v) is 3.10. The zero-order valence-corrected chi connectivity index (χ0v) is 16.0. The van der Waals surface area contributed by atoms with E-state index in [1.807, 2.05) is 39.0 Å². The highest BCUT2D eigenvalue weighted by Crippen LogP contribution is 2.33. The zero-order chi connectivity index (χ0) is 17.9. The summed E-state index contributed by atoms with van der Waals surface area (Å²) >= 11 is 0. The van der Waals surface area contributed by atoms with Gasteiger partial charge in [-0.3, -0.25) is 9.69 Å². The Hall–Kier alpha value is -1.39. The Kier molecular flexibility index (Phi) is 6.05. The minimum Gasteiger partial charge on any atom is -0.491 e. The summed E-state index contributed by atoms with van der Waals surface area (Å²) in [5.41, 5.74) is 1.80. The molecule has 0 spiro atoms. The molecule has 1 unspecified atom stereocenters. The summed E-state index contributed by atoms with van der Waals surface area (Å²) in [6.45, 7) is 16.3. The number of benzene rings is 1. The molecule has 4 heteroatoms. The molecule has 1 N–H and O–H groups in total. The number of hydrogen-bond donors (Lipinski definition) is 1. The second kappa shape index (κ2) is 7.66. The smallest absolute Gasteiger partial charge is 0.179 e. The van der Waals surface area contributed by atoms with Gasteiger partial charge in [0.2, 0.25) is 0 Å². The molecule has 0 aromatic heterocycles. The van der Waals surface area contributed by atoms with Crippen LogP contribution in [0.25, 0.3) is 0 Å². The molecule has 0 radical (unpaired) electrons. The van der Waals surface area contributed by atoms with Crippen LogP contribution in [-0.2, 0) is 5.41 Å². The number of rotatable bonds is 5. The van der Waals surface area contributed by atoms with E-state index in [9.17, 15) is 4.79 Å². The highest BCUT2D eigenvalue weighted by atomic mass is 16.5. The van der Waals surface area contributed by atoms with Crippen molar-refractivity contribution < 1.29 is 9.53 Å². The van der Waals surface area contributed by atoms with Crippen molar-refractivity contribution >= 4 is 5.78 Å². The SMILES string of the molecule is CC(C)Oc1ccc(C(=O)C(C)N2CCNCC2)cc1C(C)(C)C. The number of carbonyl (C=O) groups excluding carboxylic acids is 1. The number of piperazine rings is 1. The zero-order valence-electron chi connectivity index (χ0n) is 16.0. The van der Waals surface area contributed by atoms with Crippen LogP contribution in [0.4, 0.5) is 0 Å². The van der Waals surface area contributed by atoms with Crippen LogP contribution in [0, 0.1) is 0 Å². The Bertz CT molecular complexity index is 569. The van der Waals surface area contributed by atoms with E-state index in [0.29, 0.717) is 0 Å². The standard InChI is InChI=1S/C20H32N2O2/c1-14(2)24-18-8-7-16(13-17(18)20(4,5)6)19(23)15(3)22-11-9-21-10-12-22/h7-8,13-15,21H,9-12H2,1-6H3. The van der Waals surface area contributed by atoms with Crippen molar-refractivity contribution in [2.75, 3.05) is 26.2 Å². The number of Topliss-reactive ketones (excluding diaryl/α,β-unsaturated/α-hetero) is 1. The normalized spacial score (nSPS) is 17.8. The Morgan fingerprint density at radius 2 is 1.79 bits per heavy atom. The maximum atomic E-state index is 13.0. The first-order valence-corrected chi connectivity index (χ1v) is 9.00. The van der Waals surface area contributed by atoms with E-state index in [1.54, 1.807) is 0 Å². The molecular weight excluding hydrogens is 300 g/mol. The number of carbonyl (C=O) groups is 1. The maximum Gasteiger partial charge on any atom is 0.179 e. The number of hydrogen-bond acceptors (Lipinski definition) is 4. The molecule has 1 aromatic rings. The topological polar surface area (TPSA) is 41.6 Å². The average Bonchev–Trinajstić information content (AvgIpc) is 2.53. The largest absolute Gasteiger partial charge is 0.491 e. The second-order valence-electron chi connectivity index (χ2n) is 7.95. The minimum absolute atomic E-state index is 0.0706. The highest BCUT2D eigenvalue weighted by molar-refractivity contribution is 6.00. The lowest BCUT2D eigenvalue weighted by Gasteiger charge is -2.32. The van der Waals surface area contributed by atoms with E-state index in [0.717, 1.165) is 43.1 Å². The Morgan fingerprint density at radius 1 is 1.17 bits per heavy atom. The van der Waals surface area contributed by atoms with E-state index < -0.39 is 0 Å². The van der Waals surface area contributed by atoms with Crippen molar-refractivity contribution in [2.24, 2.45) is 0 Å². The summed E-state index contributed by atoms with van der Waals surface area (Å²) in [6.07, 6.45) is 0.118. The molecule has 1 atom stereocenters. The van der Waals surface area contributed by atoms with Crippen LogP contribution in [-0.4, -0.2) is 49.0 Å². The lowest BCUT2D eigenvalue weighted by atomic mass is 9.84. The van der Waals surface area contributed by atoms with E-state index in [-0.39, 0.29) is 23.3 Å². The average molecular weight is 332 g/mol. The van der Waals surface area contributed by atoms with Crippen LogP contribution in [0.5, 0.6) is 5.75 Å². The molecule has 0 bridgehead atoms. The molecule has 0 saturated carbocycles. The van der Waals surface area contributed by atoms with Gasteiger partial charge in [0.15, 0.2) is 5.78 Å². The van der Waals surface area contributed by atoms with E-state index in [2.05, 4.69) is 31.0 Å². The van der Waals surface area contributed by atoms with E-state index in [4.69, 9.17) is 4.74 Å². The third kappa shape index (κ3) is 4.58. The summed E-state index contributed by atoms with van der Waals surface area (Å²) in [5.74, 6) is 1.07. The minimum atomic E-state index is -0.0863. The van der Waals surface area contributed by atoms with Crippen LogP contribution in [0.15, 0.2) is 18.2 Å². The number of ether oxygens (including phenoxy) is 1. The van der Waals surface area contributed by atoms with E-state index in [1.165, 1.54) is 0 Å². The van der Waals surface area contributed by atoms with Gasteiger partial charge in [0.1, 0.15) is 5.75 Å². The quantitative estimate of drug-likeness (QED) is 0.841. The molecule has 134 valence electrons. The molecule has 1 heterocycles. The molecule has 1 aliphatic rings. The van der Waals surface area contributed by atoms with Gasteiger partial charge in [-0.1, -0.05) is 20.8 Å². The Morgan fingerprint density at radius 3 is 2.33 bits per heavy atom. The third-order valence-electron chi connectivity index (χ3n) is 4.51. The molecule has 0 amide bonds. The van der Waals surface area contributed by atoms with E-state index >= 15 is 0 Å². The number of ketones is 1. The number of nitrogens with one attached hydrogen (secondary N) is 1. The summed E-state index contributed by atoms with van der Waals surface area (Å²) in [4.78, 5) is 15.2. The molecular formula is C20H32N2O2. The Balaban J connectivity index is 2.28. The maximum absolute atomic E-state index is 13.0. The number of nitrogens with zero attached hydrogens (tertiary/aromatic N) is 1. The van der Waals surface area contributed by atoms with Gasteiger partial charge in [-0.05, 0) is 44.4 Å². The van der Waals surface area contributed by atoms with Gasteiger partial charge in [0.05, 0.1) is 12.1 Å². The molecule has 4 nitrogen and oxygen atoms in total. The first-order chi connectivity index (χ1) is 11.2. The predicted molar refractivity (Wildman–Crippen MR) is 99.1 cm³/mol. The lowest BCUT2D eigenvalue weighted by molar-refractivity contribution is 0.0820. The van der Waals surface area contributed by atoms with Crippen molar-refractivity contribution in [1.82, 2.24) is 10.2 Å². The summed E-state index contributed by atoms with van der Waals surface area (Å²) in [7, 11) is 0.